The van der Waals surface area contributed by atoms with Crippen LogP contribution in [-0.2, 0) is 9.53 Å². The second kappa shape index (κ2) is 8.84. The van der Waals surface area contributed by atoms with Gasteiger partial charge >= 0.3 is 5.97 Å². The molecule has 0 aromatic carbocycles. The number of ketones is 1. The predicted octanol–water partition coefficient (Wildman–Crippen LogP) is 1.40. The van der Waals surface area contributed by atoms with E-state index >= 15 is 0 Å². The highest BCUT2D eigenvalue weighted by Gasteiger charge is 2.23. The largest absolute Gasteiger partial charge is 0.469 e. The summed E-state index contributed by atoms with van der Waals surface area (Å²) in [6.07, 6.45) is 0.984. The van der Waals surface area contributed by atoms with Gasteiger partial charge in [-0.15, -0.1) is 11.3 Å². The Hall–Kier alpha value is -1.24. The van der Waals surface area contributed by atoms with Gasteiger partial charge in [-0.25, -0.2) is 0 Å². The van der Waals surface area contributed by atoms with Crippen molar-refractivity contribution in [1.82, 2.24) is 10.2 Å². The third kappa shape index (κ3) is 5.81. The lowest BCUT2D eigenvalue weighted by Gasteiger charge is -2.17. The van der Waals surface area contributed by atoms with Gasteiger partial charge in [-0.05, 0) is 45.1 Å². The van der Waals surface area contributed by atoms with Crippen molar-refractivity contribution in [2.45, 2.75) is 18.9 Å². The SMILES string of the molecule is COC(=O)CC(NCCCN(C)C)C(=O)c1cccs1. The molecule has 0 saturated heterocycles. The highest BCUT2D eigenvalue weighted by atomic mass is 32.1. The highest BCUT2D eigenvalue weighted by molar-refractivity contribution is 7.12. The van der Waals surface area contributed by atoms with Crippen molar-refractivity contribution in [2.24, 2.45) is 0 Å². The van der Waals surface area contributed by atoms with E-state index in [1.54, 1.807) is 6.07 Å². The Morgan fingerprint density at radius 2 is 2.20 bits per heavy atom. The Morgan fingerprint density at radius 3 is 2.75 bits per heavy atom. The monoisotopic (exact) mass is 298 g/mol. The van der Waals surface area contributed by atoms with Crippen LogP contribution in [-0.4, -0.2) is 57.0 Å². The zero-order chi connectivity index (χ0) is 15.0. The van der Waals surface area contributed by atoms with Gasteiger partial charge in [0.05, 0.1) is 24.4 Å². The summed E-state index contributed by atoms with van der Waals surface area (Å²) in [6, 6.07) is 3.10. The van der Waals surface area contributed by atoms with E-state index in [9.17, 15) is 9.59 Å². The van der Waals surface area contributed by atoms with Crippen molar-refractivity contribution < 1.29 is 14.3 Å². The number of nitrogens with zero attached hydrogens (tertiary/aromatic N) is 1. The summed E-state index contributed by atoms with van der Waals surface area (Å²) in [5.74, 6) is -0.421. The van der Waals surface area contributed by atoms with Crippen LogP contribution in [0.1, 0.15) is 22.5 Å². The van der Waals surface area contributed by atoms with E-state index in [1.807, 2.05) is 25.5 Å². The lowest BCUT2D eigenvalue weighted by Crippen LogP contribution is -2.39. The molecule has 1 atom stereocenters. The number of thiophene rings is 1. The maximum atomic E-state index is 12.3. The van der Waals surface area contributed by atoms with Crippen LogP contribution in [0.25, 0.3) is 0 Å². The number of rotatable bonds is 9. The Balaban J connectivity index is 2.56. The van der Waals surface area contributed by atoms with Crippen molar-refractivity contribution in [1.29, 1.82) is 0 Å². The van der Waals surface area contributed by atoms with Gasteiger partial charge in [0, 0.05) is 0 Å². The van der Waals surface area contributed by atoms with E-state index in [2.05, 4.69) is 15.0 Å². The van der Waals surface area contributed by atoms with Gasteiger partial charge < -0.3 is 15.0 Å². The second-order valence-electron chi connectivity index (χ2n) is 4.79. The highest BCUT2D eigenvalue weighted by Crippen LogP contribution is 2.13. The number of Topliss-reactive ketones (excluding diaryl/α,β-unsaturated/α-hetero) is 1. The zero-order valence-corrected chi connectivity index (χ0v) is 13.0. The zero-order valence-electron chi connectivity index (χ0n) is 12.2. The molecule has 20 heavy (non-hydrogen) atoms. The number of hydrogen-bond donors (Lipinski definition) is 1. The molecule has 1 rings (SSSR count). The van der Waals surface area contributed by atoms with Crippen LogP contribution >= 0.6 is 11.3 Å². The van der Waals surface area contributed by atoms with Crippen molar-refractivity contribution in [3.63, 3.8) is 0 Å². The quantitative estimate of drug-likeness (QED) is 0.424. The van der Waals surface area contributed by atoms with Crippen molar-refractivity contribution in [3.8, 4) is 0 Å². The third-order valence-electron chi connectivity index (χ3n) is 2.85. The van der Waals surface area contributed by atoms with Crippen LogP contribution in [0.2, 0.25) is 0 Å². The molecule has 0 radical (unpaired) electrons. The molecule has 0 aliphatic rings. The van der Waals surface area contributed by atoms with Gasteiger partial charge in [-0.3, -0.25) is 9.59 Å². The molecule has 112 valence electrons. The summed E-state index contributed by atoms with van der Waals surface area (Å²) < 4.78 is 4.66. The van der Waals surface area contributed by atoms with Crippen LogP contribution in [0, 0.1) is 0 Å². The molecule has 0 bridgehead atoms. The summed E-state index contributed by atoms with van der Waals surface area (Å²) in [5, 5.41) is 5.01. The summed E-state index contributed by atoms with van der Waals surface area (Å²) >= 11 is 1.39. The van der Waals surface area contributed by atoms with Gasteiger partial charge in [0.15, 0.2) is 5.78 Å². The van der Waals surface area contributed by atoms with Gasteiger partial charge in [-0.1, -0.05) is 6.07 Å². The maximum absolute atomic E-state index is 12.3. The van der Waals surface area contributed by atoms with E-state index in [0.29, 0.717) is 11.4 Å². The van der Waals surface area contributed by atoms with Gasteiger partial charge in [-0.2, -0.15) is 0 Å². The average molecular weight is 298 g/mol. The lowest BCUT2D eigenvalue weighted by molar-refractivity contribution is -0.140. The molecule has 1 N–H and O–H groups in total. The van der Waals surface area contributed by atoms with E-state index in [0.717, 1.165) is 13.0 Å². The molecular weight excluding hydrogens is 276 g/mol. The maximum Gasteiger partial charge on any atom is 0.307 e. The summed E-state index contributed by atoms with van der Waals surface area (Å²) in [7, 11) is 5.34. The Morgan fingerprint density at radius 1 is 1.45 bits per heavy atom. The molecule has 0 aliphatic carbocycles. The average Bonchev–Trinajstić information content (AvgIpc) is 2.94. The topological polar surface area (TPSA) is 58.6 Å². The van der Waals surface area contributed by atoms with Crippen molar-refractivity contribution in [2.75, 3.05) is 34.3 Å². The smallest absolute Gasteiger partial charge is 0.307 e. The fraction of sp³-hybridized carbons (Fsp3) is 0.571. The van der Waals surface area contributed by atoms with Gasteiger partial charge in [0.2, 0.25) is 0 Å². The molecule has 5 nitrogen and oxygen atoms in total. The number of esters is 1. The number of carbonyl (C=O) groups excluding carboxylic acids is 2. The molecule has 1 aromatic heterocycles. The van der Waals surface area contributed by atoms with E-state index in [1.165, 1.54) is 18.4 Å². The minimum atomic E-state index is -0.511. The summed E-state index contributed by atoms with van der Waals surface area (Å²) in [5.41, 5.74) is 0. The number of carbonyl (C=O) groups is 2. The van der Waals surface area contributed by atoms with Crippen LogP contribution < -0.4 is 5.32 Å². The summed E-state index contributed by atoms with van der Waals surface area (Å²) in [6.45, 7) is 1.63. The minimum absolute atomic E-state index is 0.0461. The number of hydrogen-bond acceptors (Lipinski definition) is 6. The molecule has 0 amide bonds. The third-order valence-corrected chi connectivity index (χ3v) is 3.74. The molecule has 0 saturated carbocycles. The van der Waals surface area contributed by atoms with Crippen LogP contribution in [0.4, 0.5) is 0 Å². The van der Waals surface area contributed by atoms with Crippen molar-refractivity contribution in [3.05, 3.63) is 22.4 Å². The molecule has 0 aliphatic heterocycles. The van der Waals surface area contributed by atoms with E-state index in [-0.39, 0.29) is 18.2 Å². The molecule has 1 unspecified atom stereocenters. The number of nitrogens with one attached hydrogen (secondary N) is 1. The molecule has 1 aromatic rings. The van der Waals surface area contributed by atoms with Gasteiger partial charge in [0.25, 0.3) is 0 Å². The molecule has 0 spiro atoms. The molecule has 6 heteroatoms. The second-order valence-corrected chi connectivity index (χ2v) is 5.73. The van der Waals surface area contributed by atoms with Crippen LogP contribution in [0.5, 0.6) is 0 Å². The molecule has 0 fully saturated rings. The fourth-order valence-corrected chi connectivity index (χ4v) is 2.49. The minimum Gasteiger partial charge on any atom is -0.469 e. The first-order valence-electron chi connectivity index (χ1n) is 6.57. The Bertz CT molecular complexity index is 418. The molecule has 1 heterocycles. The van der Waals surface area contributed by atoms with Crippen LogP contribution in [0.15, 0.2) is 17.5 Å². The van der Waals surface area contributed by atoms with E-state index < -0.39 is 6.04 Å². The first-order chi connectivity index (χ1) is 9.54. The van der Waals surface area contributed by atoms with Crippen molar-refractivity contribution >= 4 is 23.1 Å². The first-order valence-corrected chi connectivity index (χ1v) is 7.45. The normalized spacial score (nSPS) is 12.4. The number of ether oxygens (including phenoxy) is 1. The van der Waals surface area contributed by atoms with Crippen LogP contribution in [0.3, 0.4) is 0 Å². The Labute approximate surface area is 123 Å². The van der Waals surface area contributed by atoms with Gasteiger partial charge in [0.1, 0.15) is 0 Å². The number of methoxy groups -OCH3 is 1. The lowest BCUT2D eigenvalue weighted by atomic mass is 10.1. The molecular formula is C14H22N2O3S. The first kappa shape index (κ1) is 16.8. The van der Waals surface area contributed by atoms with E-state index in [4.69, 9.17) is 0 Å². The fourth-order valence-electron chi connectivity index (χ4n) is 1.77. The summed E-state index contributed by atoms with van der Waals surface area (Å²) in [4.78, 5) is 26.5. The Kier molecular flexibility index (Phi) is 7.43. The standard InChI is InChI=1S/C14H22N2O3S/c1-16(2)8-5-7-15-11(10-13(17)19-3)14(18)12-6-4-9-20-12/h4,6,9,11,15H,5,7-8,10H2,1-3H3. The predicted molar refractivity (Wildman–Crippen MR) is 80.2 cm³/mol.